The number of anilines is 1. The summed E-state index contributed by atoms with van der Waals surface area (Å²) in [7, 11) is -0.644. The molecule has 200 valence electrons. The zero-order valence-corrected chi connectivity index (χ0v) is 22.9. The van der Waals surface area contributed by atoms with E-state index in [1.807, 2.05) is 0 Å². The summed E-state index contributed by atoms with van der Waals surface area (Å²) in [4.78, 5) is 15.1. The van der Waals surface area contributed by atoms with Crippen LogP contribution in [0.5, 0.6) is 5.75 Å². The van der Waals surface area contributed by atoms with Gasteiger partial charge in [-0.25, -0.2) is 13.1 Å². The Hall–Kier alpha value is -2.07. The Labute approximate surface area is 219 Å². The molecule has 1 amide bonds. The van der Waals surface area contributed by atoms with Crippen molar-refractivity contribution in [2.24, 2.45) is 11.3 Å². The molecule has 1 saturated carbocycles. The molecule has 0 spiro atoms. The Bertz CT molecular complexity index is 1080. The first-order valence-corrected chi connectivity index (χ1v) is 14.2. The fourth-order valence-electron chi connectivity index (χ4n) is 4.55. The smallest absolute Gasteiger partial charge is 0.264 e. The Morgan fingerprint density at radius 1 is 1.39 bits per heavy atom. The molecule has 0 saturated heterocycles. The molecule has 1 aromatic carbocycles. The number of nitrogens with one attached hydrogen (secondary N) is 1. The van der Waals surface area contributed by atoms with Crippen LogP contribution in [-0.4, -0.2) is 72.1 Å². The molecule has 36 heavy (non-hydrogen) atoms. The standard InChI is InChI=1S/C26H37ClN2O6S/c1-6-18(2)26(15-27)16-29(14-21-8-9-23(21)34-5)22-13-20(7-10-24(22)35-17-26)25(30)28-36(31,32)19(3)11-12-33-4/h6-7,10,13,19,21,23H,1-2,8-9,11-12,14-17H2,3-5H3,(H,28,30)/t19-,21-,23?,26-/m0/s1. The predicted molar refractivity (Wildman–Crippen MR) is 143 cm³/mol. The second-order valence-corrected chi connectivity index (χ2v) is 12.0. The number of benzene rings is 1. The largest absolute Gasteiger partial charge is 0.490 e. The molecule has 4 atom stereocenters. The van der Waals surface area contributed by atoms with Gasteiger partial charge in [-0.2, -0.15) is 0 Å². The number of hydrogen-bond donors (Lipinski definition) is 1. The summed E-state index contributed by atoms with van der Waals surface area (Å²) in [5.41, 5.74) is 1.14. The average molecular weight is 541 g/mol. The fraction of sp³-hybridized carbons (Fsp3) is 0.577. The molecule has 2 aliphatic rings. The van der Waals surface area contributed by atoms with E-state index < -0.39 is 26.6 Å². The zero-order chi connectivity index (χ0) is 26.5. The van der Waals surface area contributed by atoms with Crippen LogP contribution in [0, 0.1) is 11.3 Å². The van der Waals surface area contributed by atoms with Crippen LogP contribution in [-0.2, 0) is 19.5 Å². The summed E-state index contributed by atoms with van der Waals surface area (Å²) in [6.07, 6.45) is 4.17. The van der Waals surface area contributed by atoms with Crippen LogP contribution in [0.1, 0.15) is 36.5 Å². The number of halogens is 1. The van der Waals surface area contributed by atoms with Crippen LogP contribution >= 0.6 is 11.6 Å². The van der Waals surface area contributed by atoms with Gasteiger partial charge in [-0.05, 0) is 50.0 Å². The first-order valence-electron chi connectivity index (χ1n) is 12.1. The summed E-state index contributed by atoms with van der Waals surface area (Å²) >= 11 is 6.47. The topological polar surface area (TPSA) is 94.2 Å². The number of carbonyl (C=O) groups is 1. The number of nitrogens with zero attached hydrogens (tertiary/aromatic N) is 1. The van der Waals surface area contributed by atoms with Crippen LogP contribution < -0.4 is 14.4 Å². The quantitative estimate of drug-likeness (QED) is 0.318. The highest BCUT2D eigenvalue weighted by Gasteiger charge is 2.41. The Morgan fingerprint density at radius 2 is 2.14 bits per heavy atom. The third kappa shape index (κ3) is 6.07. The van der Waals surface area contributed by atoms with Crippen molar-refractivity contribution >= 4 is 33.2 Å². The SMILES string of the molecule is C=CC(=C)[C@]1(CCl)COc2ccc(C(=O)NS(=O)(=O)[C@@H](C)CCOC)cc2N(C[C@@H]2CCC2OC)C1. The van der Waals surface area contributed by atoms with Crippen LogP contribution in [0.4, 0.5) is 5.69 Å². The molecule has 1 unspecified atom stereocenters. The van der Waals surface area contributed by atoms with Crippen LogP contribution in [0.15, 0.2) is 43.0 Å². The van der Waals surface area contributed by atoms with E-state index in [9.17, 15) is 13.2 Å². The lowest BCUT2D eigenvalue weighted by Crippen LogP contribution is -2.47. The maximum atomic E-state index is 13.0. The fourth-order valence-corrected chi connectivity index (χ4v) is 5.87. The number of allylic oxidation sites excluding steroid dienone is 1. The van der Waals surface area contributed by atoms with Crippen molar-refractivity contribution in [2.45, 2.75) is 37.5 Å². The van der Waals surface area contributed by atoms with Gasteiger partial charge in [-0.3, -0.25) is 4.79 Å². The first-order chi connectivity index (χ1) is 17.1. The van der Waals surface area contributed by atoms with Gasteiger partial charge in [0.15, 0.2) is 0 Å². The van der Waals surface area contributed by atoms with E-state index in [2.05, 4.69) is 22.8 Å². The molecular weight excluding hydrogens is 504 g/mol. The second kappa shape index (κ2) is 12.0. The number of rotatable bonds is 12. The Balaban J connectivity index is 1.92. The van der Waals surface area contributed by atoms with Crippen molar-refractivity contribution < 1.29 is 27.4 Å². The van der Waals surface area contributed by atoms with Gasteiger partial charge in [-0.1, -0.05) is 19.2 Å². The third-order valence-corrected chi connectivity index (χ3v) is 9.62. The average Bonchev–Trinajstić information content (AvgIpc) is 3.01. The van der Waals surface area contributed by atoms with Crippen molar-refractivity contribution in [2.75, 3.05) is 51.3 Å². The number of alkyl halides is 1. The van der Waals surface area contributed by atoms with E-state index in [0.29, 0.717) is 37.1 Å². The molecular formula is C26H37ClN2O6S. The molecule has 1 aromatic rings. The first kappa shape index (κ1) is 28.5. The van der Waals surface area contributed by atoms with Crippen LogP contribution in [0.25, 0.3) is 0 Å². The van der Waals surface area contributed by atoms with Gasteiger partial charge in [0.2, 0.25) is 10.0 Å². The highest BCUT2D eigenvalue weighted by Crippen LogP contribution is 2.42. The number of carbonyl (C=O) groups excluding carboxylic acids is 1. The minimum absolute atomic E-state index is 0.163. The minimum atomic E-state index is -3.86. The summed E-state index contributed by atoms with van der Waals surface area (Å²) in [5, 5.41) is -0.777. The molecule has 1 aliphatic carbocycles. The van der Waals surface area contributed by atoms with E-state index in [1.165, 1.54) is 7.11 Å². The van der Waals surface area contributed by atoms with E-state index in [-0.39, 0.29) is 30.6 Å². The number of ether oxygens (including phenoxy) is 3. The molecule has 1 N–H and O–H groups in total. The highest BCUT2D eigenvalue weighted by molar-refractivity contribution is 7.90. The number of methoxy groups -OCH3 is 2. The van der Waals surface area contributed by atoms with Crippen molar-refractivity contribution in [3.05, 3.63) is 48.6 Å². The van der Waals surface area contributed by atoms with Crippen molar-refractivity contribution in [1.29, 1.82) is 0 Å². The lowest BCUT2D eigenvalue weighted by molar-refractivity contribution is -0.0129. The second-order valence-electron chi connectivity index (χ2n) is 9.67. The monoisotopic (exact) mass is 540 g/mol. The maximum Gasteiger partial charge on any atom is 0.264 e. The number of hydrogen-bond acceptors (Lipinski definition) is 7. The molecule has 3 rings (SSSR count). The summed E-state index contributed by atoms with van der Waals surface area (Å²) in [6.45, 7) is 11.4. The van der Waals surface area contributed by atoms with E-state index in [0.717, 1.165) is 18.4 Å². The van der Waals surface area contributed by atoms with Crippen molar-refractivity contribution in [3.63, 3.8) is 0 Å². The molecule has 1 aliphatic heterocycles. The van der Waals surface area contributed by atoms with E-state index in [1.54, 1.807) is 38.3 Å². The van der Waals surface area contributed by atoms with Crippen molar-refractivity contribution in [3.8, 4) is 5.75 Å². The molecule has 8 nitrogen and oxygen atoms in total. The maximum absolute atomic E-state index is 13.0. The third-order valence-electron chi connectivity index (χ3n) is 7.34. The normalized spacial score (nSPS) is 24.5. The summed E-state index contributed by atoms with van der Waals surface area (Å²) in [5.74, 6) is 0.500. The molecule has 10 heteroatoms. The van der Waals surface area contributed by atoms with E-state index in [4.69, 9.17) is 25.8 Å². The molecule has 0 aromatic heterocycles. The van der Waals surface area contributed by atoms with E-state index >= 15 is 0 Å². The van der Waals surface area contributed by atoms with Gasteiger partial charge in [0.1, 0.15) is 12.4 Å². The number of fused-ring (bicyclic) bond motifs is 1. The van der Waals surface area contributed by atoms with Gasteiger partial charge < -0.3 is 19.1 Å². The number of amides is 1. The molecule has 1 heterocycles. The lowest BCUT2D eigenvalue weighted by atomic mass is 9.79. The predicted octanol–water partition coefficient (Wildman–Crippen LogP) is 3.76. The minimum Gasteiger partial charge on any atom is -0.490 e. The lowest BCUT2D eigenvalue weighted by Gasteiger charge is -2.42. The number of sulfonamides is 1. The van der Waals surface area contributed by atoms with Crippen LogP contribution in [0.3, 0.4) is 0 Å². The Kier molecular flexibility index (Phi) is 9.49. The molecule has 0 bridgehead atoms. The Morgan fingerprint density at radius 3 is 2.72 bits per heavy atom. The van der Waals surface area contributed by atoms with Crippen LogP contribution in [0.2, 0.25) is 0 Å². The summed E-state index contributed by atoms with van der Waals surface area (Å²) < 4.78 is 44.3. The zero-order valence-electron chi connectivity index (χ0n) is 21.3. The van der Waals surface area contributed by atoms with Gasteiger partial charge in [0, 0.05) is 51.3 Å². The van der Waals surface area contributed by atoms with Gasteiger partial charge in [0.05, 0.1) is 22.5 Å². The highest BCUT2D eigenvalue weighted by atomic mass is 35.5. The van der Waals surface area contributed by atoms with Gasteiger partial charge in [-0.15, -0.1) is 11.6 Å². The van der Waals surface area contributed by atoms with Gasteiger partial charge in [0.25, 0.3) is 5.91 Å². The van der Waals surface area contributed by atoms with Crippen molar-refractivity contribution in [1.82, 2.24) is 4.72 Å². The van der Waals surface area contributed by atoms with Gasteiger partial charge >= 0.3 is 0 Å². The summed E-state index contributed by atoms with van der Waals surface area (Å²) in [6, 6.07) is 4.95. The molecule has 1 fully saturated rings. The molecule has 0 radical (unpaired) electrons.